The summed E-state index contributed by atoms with van der Waals surface area (Å²) in [5.41, 5.74) is 5.25. The van der Waals surface area contributed by atoms with E-state index >= 15 is 0 Å². The number of rotatable bonds is 5. The number of para-hydroxylation sites is 2. The number of fused-ring (bicyclic) bond motifs is 3. The van der Waals surface area contributed by atoms with Crippen LogP contribution in [0, 0.1) is 6.92 Å². The Morgan fingerprint density at radius 1 is 0.919 bits per heavy atom. The second-order valence-electron chi connectivity index (χ2n) is 9.66. The van der Waals surface area contributed by atoms with E-state index in [0.29, 0.717) is 10.6 Å². The molecule has 0 radical (unpaired) electrons. The number of hydrogen-bond acceptors (Lipinski definition) is 2. The maximum absolute atomic E-state index is 14.2. The molecule has 1 saturated carbocycles. The van der Waals surface area contributed by atoms with E-state index in [1.54, 1.807) is 23.1 Å². The van der Waals surface area contributed by atoms with Crippen molar-refractivity contribution in [1.82, 2.24) is 9.47 Å². The molecule has 186 valence electrons. The largest absolute Gasteiger partial charge is 0.326 e. The molecular weight excluding hydrogens is 505 g/mol. The zero-order chi connectivity index (χ0) is 25.7. The van der Waals surface area contributed by atoms with E-state index in [2.05, 4.69) is 35.8 Å². The molecule has 1 fully saturated rings. The minimum absolute atomic E-state index is 0.0181. The summed E-state index contributed by atoms with van der Waals surface area (Å²) in [7, 11) is 0. The predicted molar refractivity (Wildman–Crippen MR) is 147 cm³/mol. The molecule has 1 aliphatic carbocycles. The highest BCUT2D eigenvalue weighted by Gasteiger charge is 2.40. The predicted octanol–water partition coefficient (Wildman–Crippen LogP) is 6.83. The highest BCUT2D eigenvalue weighted by Crippen LogP contribution is 2.43. The van der Waals surface area contributed by atoms with Crippen LogP contribution in [-0.2, 0) is 4.79 Å². The number of aromatic nitrogens is 1. The first-order valence-corrected chi connectivity index (χ1v) is 13.1. The molecule has 3 aromatic carbocycles. The first kappa shape index (κ1) is 23.8. The molecular formula is C30H25Cl2N3O2. The second kappa shape index (κ2) is 9.40. The lowest BCUT2D eigenvalue weighted by Gasteiger charge is -2.39. The topological polar surface area (TPSA) is 45.6 Å². The van der Waals surface area contributed by atoms with Crippen molar-refractivity contribution in [3.8, 4) is 5.69 Å². The Hall–Kier alpha value is -3.54. The highest BCUT2D eigenvalue weighted by molar-refractivity contribution is 6.36. The molecule has 1 aromatic heterocycles. The van der Waals surface area contributed by atoms with Crippen molar-refractivity contribution in [2.75, 3.05) is 11.4 Å². The Balaban J connectivity index is 1.41. The van der Waals surface area contributed by atoms with Crippen molar-refractivity contribution in [3.63, 3.8) is 0 Å². The quantitative estimate of drug-likeness (QED) is 0.284. The summed E-state index contributed by atoms with van der Waals surface area (Å²) in [6, 6.07) is 24.7. The standard InChI is InChI=1S/C30H25Cl2N3O2/c1-19-6-4-7-20(16-19)29-27-10-5-15-33(27)25-8-2-3-9-26(25)35(29)28(36)18-34(22-12-13-22)30(37)23-14-11-21(31)17-24(23)32/h2-11,14-17,22,29H,12-13,18H2,1H3. The molecule has 5 nitrogen and oxygen atoms in total. The van der Waals surface area contributed by atoms with Crippen molar-refractivity contribution >= 4 is 40.7 Å². The zero-order valence-corrected chi connectivity index (χ0v) is 21.8. The number of hydrogen-bond donors (Lipinski definition) is 0. The van der Waals surface area contributed by atoms with Crippen LogP contribution in [0.15, 0.2) is 85.1 Å². The van der Waals surface area contributed by atoms with Crippen molar-refractivity contribution in [3.05, 3.63) is 117 Å². The summed E-state index contributed by atoms with van der Waals surface area (Å²) in [6.45, 7) is 2.01. The fourth-order valence-corrected chi connectivity index (χ4v) is 5.70. The van der Waals surface area contributed by atoms with Crippen LogP contribution in [0.1, 0.15) is 46.1 Å². The van der Waals surface area contributed by atoms with Gasteiger partial charge in [-0.2, -0.15) is 0 Å². The van der Waals surface area contributed by atoms with E-state index in [0.717, 1.165) is 41.0 Å². The molecule has 1 unspecified atom stereocenters. The summed E-state index contributed by atoms with van der Waals surface area (Å²) in [4.78, 5) is 31.4. The van der Waals surface area contributed by atoms with Gasteiger partial charge in [0.1, 0.15) is 12.6 Å². The number of carbonyl (C=O) groups excluding carboxylic acids is 2. The van der Waals surface area contributed by atoms with Gasteiger partial charge in [-0.3, -0.25) is 14.5 Å². The van der Waals surface area contributed by atoms with Gasteiger partial charge in [0.25, 0.3) is 5.91 Å². The molecule has 2 aliphatic rings. The second-order valence-corrected chi connectivity index (χ2v) is 10.5. The fourth-order valence-electron chi connectivity index (χ4n) is 5.21. The number of carbonyl (C=O) groups is 2. The number of halogens is 2. The Kier molecular flexibility index (Phi) is 6.06. The van der Waals surface area contributed by atoms with Crippen LogP contribution in [0.25, 0.3) is 5.69 Å². The van der Waals surface area contributed by atoms with Crippen LogP contribution in [0.4, 0.5) is 5.69 Å². The van der Waals surface area contributed by atoms with Crippen LogP contribution in [0.3, 0.4) is 0 Å². The third-order valence-corrected chi connectivity index (χ3v) is 7.61. The molecule has 0 N–H and O–H groups in total. The maximum atomic E-state index is 14.2. The number of amides is 2. The Labute approximate surface area is 225 Å². The molecule has 37 heavy (non-hydrogen) atoms. The van der Waals surface area contributed by atoms with Crippen LogP contribution < -0.4 is 4.90 Å². The summed E-state index contributed by atoms with van der Waals surface area (Å²) in [6.07, 6.45) is 3.76. The van der Waals surface area contributed by atoms with Crippen molar-refractivity contribution in [2.45, 2.75) is 31.8 Å². The van der Waals surface area contributed by atoms with Crippen molar-refractivity contribution < 1.29 is 9.59 Å². The van der Waals surface area contributed by atoms with Gasteiger partial charge >= 0.3 is 0 Å². The first-order valence-electron chi connectivity index (χ1n) is 12.3. The molecule has 0 saturated heterocycles. The molecule has 1 atom stereocenters. The van der Waals surface area contributed by atoms with Gasteiger partial charge < -0.3 is 9.47 Å². The number of aryl methyl sites for hydroxylation is 1. The Bertz CT molecular complexity index is 1520. The van der Waals surface area contributed by atoms with E-state index in [-0.39, 0.29) is 35.5 Å². The number of benzene rings is 3. The molecule has 2 amide bonds. The van der Waals surface area contributed by atoms with Gasteiger partial charge in [0, 0.05) is 17.3 Å². The van der Waals surface area contributed by atoms with E-state index < -0.39 is 0 Å². The van der Waals surface area contributed by atoms with E-state index in [1.165, 1.54) is 0 Å². The average molecular weight is 530 g/mol. The van der Waals surface area contributed by atoms with Gasteiger partial charge in [0.05, 0.1) is 27.7 Å². The number of anilines is 1. The van der Waals surface area contributed by atoms with Gasteiger partial charge in [0.15, 0.2) is 0 Å². The minimum Gasteiger partial charge on any atom is -0.326 e. The Morgan fingerprint density at radius 2 is 1.70 bits per heavy atom. The third kappa shape index (κ3) is 4.32. The van der Waals surface area contributed by atoms with Crippen molar-refractivity contribution in [2.24, 2.45) is 0 Å². The van der Waals surface area contributed by atoms with Crippen LogP contribution >= 0.6 is 23.2 Å². The smallest absolute Gasteiger partial charge is 0.256 e. The van der Waals surface area contributed by atoms with E-state index in [4.69, 9.17) is 23.2 Å². The molecule has 0 spiro atoms. The van der Waals surface area contributed by atoms with Crippen LogP contribution in [0.5, 0.6) is 0 Å². The van der Waals surface area contributed by atoms with Crippen LogP contribution in [-0.4, -0.2) is 33.9 Å². The normalized spacial score (nSPS) is 16.2. The summed E-state index contributed by atoms with van der Waals surface area (Å²) in [5, 5.41) is 0.749. The molecule has 0 bridgehead atoms. The fraction of sp³-hybridized carbons (Fsp3) is 0.200. The zero-order valence-electron chi connectivity index (χ0n) is 20.3. The summed E-state index contributed by atoms with van der Waals surface area (Å²) < 4.78 is 2.14. The maximum Gasteiger partial charge on any atom is 0.256 e. The Morgan fingerprint density at radius 3 is 2.43 bits per heavy atom. The van der Waals surface area contributed by atoms with E-state index in [9.17, 15) is 9.59 Å². The lowest BCUT2D eigenvalue weighted by atomic mass is 9.96. The minimum atomic E-state index is -0.326. The van der Waals surface area contributed by atoms with Gasteiger partial charge in [-0.05, 0) is 67.8 Å². The van der Waals surface area contributed by atoms with Gasteiger partial charge in [0.2, 0.25) is 5.91 Å². The first-order chi connectivity index (χ1) is 17.9. The van der Waals surface area contributed by atoms with Gasteiger partial charge in [-0.25, -0.2) is 0 Å². The van der Waals surface area contributed by atoms with Crippen LogP contribution in [0.2, 0.25) is 10.0 Å². The molecule has 7 heteroatoms. The summed E-state index contributed by atoms with van der Waals surface area (Å²) >= 11 is 12.4. The molecule has 1 aliphatic heterocycles. The molecule has 2 heterocycles. The van der Waals surface area contributed by atoms with Gasteiger partial charge in [-0.1, -0.05) is 65.2 Å². The van der Waals surface area contributed by atoms with Crippen molar-refractivity contribution in [1.29, 1.82) is 0 Å². The third-order valence-electron chi connectivity index (χ3n) is 7.06. The highest BCUT2D eigenvalue weighted by atomic mass is 35.5. The van der Waals surface area contributed by atoms with Gasteiger partial charge in [-0.15, -0.1) is 0 Å². The monoisotopic (exact) mass is 529 g/mol. The average Bonchev–Trinajstić information content (AvgIpc) is 3.61. The molecule has 6 rings (SSSR count). The van der Waals surface area contributed by atoms with E-state index in [1.807, 2.05) is 47.5 Å². The lowest BCUT2D eigenvalue weighted by molar-refractivity contribution is -0.119. The number of nitrogens with zero attached hydrogens (tertiary/aromatic N) is 3. The SMILES string of the molecule is Cc1cccc(C2c3cccn3-c3ccccc3N2C(=O)CN(C(=O)c2ccc(Cl)cc2Cl)C2CC2)c1. The summed E-state index contributed by atoms with van der Waals surface area (Å²) in [5.74, 6) is -0.393. The molecule has 4 aromatic rings. The lowest BCUT2D eigenvalue weighted by Crippen LogP contribution is -2.47.